The highest BCUT2D eigenvalue weighted by Crippen LogP contribution is 2.47. The van der Waals surface area contributed by atoms with Crippen LogP contribution in [0.1, 0.15) is 48.9 Å². The topological polar surface area (TPSA) is 12.5 Å². The SMILES string of the molecule is CC(C)CN1CC[C@]2(C[C@@H]1C)OCCc1cc(CC(F)F)sc12. The smallest absolute Gasteiger partial charge is 0.243 e. The van der Waals surface area contributed by atoms with Crippen molar-refractivity contribution in [1.82, 2.24) is 4.90 Å². The second kappa shape index (κ2) is 6.77. The van der Waals surface area contributed by atoms with Crippen LogP contribution in [0, 0.1) is 5.92 Å². The van der Waals surface area contributed by atoms with Gasteiger partial charge in [0.2, 0.25) is 6.43 Å². The quantitative estimate of drug-likeness (QED) is 0.800. The van der Waals surface area contributed by atoms with Gasteiger partial charge in [-0.05, 0) is 43.7 Å². The third-order valence-electron chi connectivity index (χ3n) is 5.03. The molecule has 0 radical (unpaired) electrons. The van der Waals surface area contributed by atoms with Crippen LogP contribution in [-0.2, 0) is 23.2 Å². The largest absolute Gasteiger partial charge is 0.369 e. The van der Waals surface area contributed by atoms with Crippen LogP contribution in [0.15, 0.2) is 6.07 Å². The van der Waals surface area contributed by atoms with Crippen LogP contribution in [0.25, 0.3) is 0 Å². The molecule has 2 aliphatic rings. The average molecular weight is 343 g/mol. The van der Waals surface area contributed by atoms with E-state index in [0.717, 1.165) is 43.8 Å². The summed E-state index contributed by atoms with van der Waals surface area (Å²) in [6.07, 6.45) is 0.426. The van der Waals surface area contributed by atoms with Gasteiger partial charge in [0, 0.05) is 35.3 Å². The Bertz CT molecular complexity index is 545. The predicted molar refractivity (Wildman–Crippen MR) is 90.5 cm³/mol. The summed E-state index contributed by atoms with van der Waals surface area (Å²) in [5.74, 6) is 0.661. The second-order valence-electron chi connectivity index (χ2n) is 7.45. The minimum Gasteiger partial charge on any atom is -0.369 e. The number of ether oxygens (including phenoxy) is 1. The van der Waals surface area contributed by atoms with E-state index in [1.165, 1.54) is 10.4 Å². The lowest BCUT2D eigenvalue weighted by molar-refractivity contribution is -0.110. The summed E-state index contributed by atoms with van der Waals surface area (Å²) < 4.78 is 31.7. The number of fused-ring (bicyclic) bond motifs is 2. The number of piperidine rings is 1. The number of thiophene rings is 1. The van der Waals surface area contributed by atoms with Gasteiger partial charge in [0.15, 0.2) is 0 Å². The monoisotopic (exact) mass is 343 g/mol. The lowest BCUT2D eigenvalue weighted by atomic mass is 9.82. The van der Waals surface area contributed by atoms with Crippen molar-refractivity contribution in [2.24, 2.45) is 5.92 Å². The molecule has 0 aliphatic carbocycles. The van der Waals surface area contributed by atoms with Gasteiger partial charge in [0.05, 0.1) is 6.61 Å². The molecule has 0 saturated carbocycles. The minimum absolute atomic E-state index is 0.122. The van der Waals surface area contributed by atoms with E-state index in [2.05, 4.69) is 25.7 Å². The van der Waals surface area contributed by atoms with Gasteiger partial charge in [-0.1, -0.05) is 13.8 Å². The first-order chi connectivity index (χ1) is 10.9. The van der Waals surface area contributed by atoms with E-state index in [4.69, 9.17) is 4.74 Å². The molecule has 3 rings (SSSR count). The fourth-order valence-corrected chi connectivity index (χ4v) is 5.46. The standard InChI is InChI=1S/C18H27F2NOS/c1-12(2)11-21-6-5-18(10-13(21)3)17-14(4-7-22-18)8-15(23-17)9-16(19)20/h8,12-13,16H,4-7,9-11H2,1-3H3/t13-,18+/m0/s1. The van der Waals surface area contributed by atoms with Crippen molar-refractivity contribution in [3.05, 3.63) is 21.4 Å². The van der Waals surface area contributed by atoms with Crippen LogP contribution in [0.2, 0.25) is 0 Å². The second-order valence-corrected chi connectivity index (χ2v) is 8.58. The maximum atomic E-state index is 12.7. The molecule has 0 aromatic carbocycles. The predicted octanol–water partition coefficient (Wildman–Crippen LogP) is 4.46. The van der Waals surface area contributed by atoms with Crippen molar-refractivity contribution >= 4 is 11.3 Å². The highest BCUT2D eigenvalue weighted by Gasteiger charge is 2.44. The van der Waals surface area contributed by atoms with Gasteiger partial charge in [-0.15, -0.1) is 11.3 Å². The molecule has 1 fully saturated rings. The van der Waals surface area contributed by atoms with Crippen molar-refractivity contribution in [1.29, 1.82) is 0 Å². The number of nitrogens with zero attached hydrogens (tertiary/aromatic N) is 1. The summed E-state index contributed by atoms with van der Waals surface area (Å²) in [5, 5.41) is 0. The molecule has 1 aromatic heterocycles. The minimum atomic E-state index is -2.27. The molecule has 0 N–H and O–H groups in total. The molecule has 0 amide bonds. The zero-order chi connectivity index (χ0) is 16.6. The molecule has 1 aromatic rings. The van der Waals surface area contributed by atoms with Crippen molar-refractivity contribution in [2.45, 2.75) is 64.5 Å². The van der Waals surface area contributed by atoms with Gasteiger partial charge in [0.25, 0.3) is 0 Å². The molecule has 0 unspecified atom stereocenters. The van der Waals surface area contributed by atoms with Gasteiger partial charge in [0.1, 0.15) is 5.60 Å². The van der Waals surface area contributed by atoms with Crippen molar-refractivity contribution in [2.75, 3.05) is 19.7 Å². The van der Waals surface area contributed by atoms with E-state index >= 15 is 0 Å². The number of rotatable bonds is 4. The Morgan fingerprint density at radius 3 is 2.87 bits per heavy atom. The molecule has 2 aliphatic heterocycles. The van der Waals surface area contributed by atoms with Crippen molar-refractivity contribution in [3.63, 3.8) is 0 Å². The maximum absolute atomic E-state index is 12.7. The van der Waals surface area contributed by atoms with Crippen LogP contribution in [0.5, 0.6) is 0 Å². The van der Waals surface area contributed by atoms with Gasteiger partial charge < -0.3 is 9.64 Å². The molecular weight excluding hydrogens is 316 g/mol. The molecule has 2 nitrogen and oxygen atoms in total. The van der Waals surface area contributed by atoms with E-state index in [-0.39, 0.29) is 12.0 Å². The van der Waals surface area contributed by atoms with Gasteiger partial charge in [-0.2, -0.15) is 0 Å². The maximum Gasteiger partial charge on any atom is 0.243 e. The van der Waals surface area contributed by atoms with Gasteiger partial charge >= 0.3 is 0 Å². The number of alkyl halides is 2. The van der Waals surface area contributed by atoms with Crippen LogP contribution < -0.4 is 0 Å². The Morgan fingerprint density at radius 2 is 2.22 bits per heavy atom. The van der Waals surface area contributed by atoms with Crippen molar-refractivity contribution in [3.8, 4) is 0 Å². The Kier molecular flexibility index (Phi) is 5.09. The summed E-state index contributed by atoms with van der Waals surface area (Å²) in [5.41, 5.74) is 1.02. The van der Waals surface area contributed by atoms with E-state index in [0.29, 0.717) is 12.0 Å². The summed E-state index contributed by atoms with van der Waals surface area (Å²) in [7, 11) is 0. The molecular formula is C18H27F2NOS. The van der Waals surface area contributed by atoms with E-state index < -0.39 is 6.43 Å². The zero-order valence-electron chi connectivity index (χ0n) is 14.3. The van der Waals surface area contributed by atoms with Crippen LogP contribution in [-0.4, -0.2) is 37.1 Å². The van der Waals surface area contributed by atoms with Gasteiger partial charge in [-0.3, -0.25) is 0 Å². The van der Waals surface area contributed by atoms with Crippen LogP contribution in [0.4, 0.5) is 8.78 Å². The Hall–Kier alpha value is -0.520. The van der Waals surface area contributed by atoms with Crippen LogP contribution in [0.3, 0.4) is 0 Å². The first-order valence-electron chi connectivity index (χ1n) is 8.68. The Labute approximate surface area is 141 Å². The Morgan fingerprint density at radius 1 is 1.43 bits per heavy atom. The molecule has 23 heavy (non-hydrogen) atoms. The first kappa shape index (κ1) is 17.3. The number of likely N-dealkylation sites (tertiary alicyclic amines) is 1. The lowest BCUT2D eigenvalue weighted by Crippen LogP contribution is -2.51. The molecule has 130 valence electrons. The summed E-state index contributed by atoms with van der Waals surface area (Å²) in [6, 6.07) is 2.47. The molecule has 3 heterocycles. The highest BCUT2D eigenvalue weighted by molar-refractivity contribution is 7.12. The summed E-state index contributed by atoms with van der Waals surface area (Å²) in [6.45, 7) is 9.64. The lowest BCUT2D eigenvalue weighted by Gasteiger charge is -2.47. The van der Waals surface area contributed by atoms with Crippen LogP contribution >= 0.6 is 11.3 Å². The third-order valence-corrected chi connectivity index (χ3v) is 6.42. The zero-order valence-corrected chi connectivity index (χ0v) is 15.1. The number of hydrogen-bond acceptors (Lipinski definition) is 3. The highest BCUT2D eigenvalue weighted by atomic mass is 32.1. The molecule has 0 bridgehead atoms. The molecule has 2 atom stereocenters. The molecule has 1 spiro atoms. The van der Waals surface area contributed by atoms with Crippen molar-refractivity contribution < 1.29 is 13.5 Å². The summed E-state index contributed by atoms with van der Waals surface area (Å²) >= 11 is 1.56. The fraction of sp³-hybridized carbons (Fsp3) is 0.778. The van der Waals surface area contributed by atoms with E-state index in [1.54, 1.807) is 11.3 Å². The molecule has 5 heteroatoms. The third kappa shape index (κ3) is 3.62. The fourth-order valence-electron chi connectivity index (χ4n) is 4.06. The number of hydrogen-bond donors (Lipinski definition) is 0. The first-order valence-corrected chi connectivity index (χ1v) is 9.49. The normalized spacial score (nSPS) is 28.7. The summed E-state index contributed by atoms with van der Waals surface area (Å²) in [4.78, 5) is 4.59. The molecule has 1 saturated heterocycles. The Balaban J connectivity index is 1.81. The number of halogens is 2. The van der Waals surface area contributed by atoms with E-state index in [1.807, 2.05) is 6.07 Å². The average Bonchev–Trinajstić information content (AvgIpc) is 2.85. The van der Waals surface area contributed by atoms with Gasteiger partial charge in [-0.25, -0.2) is 8.78 Å². The van der Waals surface area contributed by atoms with E-state index in [9.17, 15) is 8.78 Å².